The molecule has 2 rings (SSSR count). The van der Waals surface area contributed by atoms with Gasteiger partial charge in [-0.2, -0.15) is 0 Å². The predicted octanol–water partition coefficient (Wildman–Crippen LogP) is 4.35. The smallest absolute Gasteiger partial charge is 0.331 e. The summed E-state index contributed by atoms with van der Waals surface area (Å²) in [4.78, 5) is 12.0. The zero-order chi connectivity index (χ0) is 13.7. The summed E-state index contributed by atoms with van der Waals surface area (Å²) < 4.78 is 0. The van der Waals surface area contributed by atoms with Crippen LogP contribution in [0.25, 0.3) is 10.8 Å². The summed E-state index contributed by atoms with van der Waals surface area (Å²) in [5, 5.41) is 11.4. The number of thioether (sulfide) groups is 1. The number of hydrogen-bond donors (Lipinski definition) is 1. The molecular formula is C16H16O2S. The summed E-state index contributed by atoms with van der Waals surface area (Å²) >= 11 is 1.66. The Hall–Kier alpha value is -1.74. The van der Waals surface area contributed by atoms with Crippen LogP contribution in [0.15, 0.2) is 59.0 Å². The number of carboxylic acids is 1. The van der Waals surface area contributed by atoms with Crippen LogP contribution in [-0.4, -0.2) is 16.8 Å². The first-order chi connectivity index (χ1) is 9.20. The first-order valence-corrected chi connectivity index (χ1v) is 7.23. The van der Waals surface area contributed by atoms with Crippen molar-refractivity contribution in [3.8, 4) is 0 Å². The minimum atomic E-state index is -0.818. The average Bonchev–Trinajstić information content (AvgIpc) is 2.43. The molecule has 2 aromatic rings. The van der Waals surface area contributed by atoms with Crippen LogP contribution in [0.1, 0.15) is 13.3 Å². The lowest BCUT2D eigenvalue weighted by Crippen LogP contribution is -1.99. The Kier molecular flexibility index (Phi) is 4.63. The maximum atomic E-state index is 10.9. The highest BCUT2D eigenvalue weighted by Gasteiger charge is 2.03. The van der Waals surface area contributed by atoms with Crippen LogP contribution in [0.3, 0.4) is 0 Å². The van der Waals surface area contributed by atoms with Crippen molar-refractivity contribution in [3.63, 3.8) is 0 Å². The highest BCUT2D eigenvalue weighted by atomic mass is 32.2. The van der Waals surface area contributed by atoms with Gasteiger partial charge in [0.2, 0.25) is 0 Å². The van der Waals surface area contributed by atoms with E-state index in [0.29, 0.717) is 17.7 Å². The van der Waals surface area contributed by atoms with Gasteiger partial charge in [0.15, 0.2) is 0 Å². The van der Waals surface area contributed by atoms with Gasteiger partial charge >= 0.3 is 5.97 Å². The number of fused-ring (bicyclic) bond motifs is 1. The van der Waals surface area contributed by atoms with Gasteiger partial charge in [0.25, 0.3) is 0 Å². The van der Waals surface area contributed by atoms with Crippen molar-refractivity contribution in [1.82, 2.24) is 0 Å². The van der Waals surface area contributed by atoms with Crippen molar-refractivity contribution in [2.45, 2.75) is 18.2 Å². The van der Waals surface area contributed by atoms with Crippen molar-refractivity contribution in [2.24, 2.45) is 0 Å². The van der Waals surface area contributed by atoms with E-state index >= 15 is 0 Å². The van der Waals surface area contributed by atoms with Crippen LogP contribution in [0.2, 0.25) is 0 Å². The Labute approximate surface area is 117 Å². The largest absolute Gasteiger partial charge is 0.478 e. The molecule has 0 radical (unpaired) electrons. The maximum Gasteiger partial charge on any atom is 0.331 e. The second-order valence-electron chi connectivity index (χ2n) is 4.21. The zero-order valence-corrected chi connectivity index (χ0v) is 11.6. The quantitative estimate of drug-likeness (QED) is 0.649. The van der Waals surface area contributed by atoms with Crippen LogP contribution >= 0.6 is 11.8 Å². The van der Waals surface area contributed by atoms with Gasteiger partial charge in [-0.3, -0.25) is 0 Å². The topological polar surface area (TPSA) is 37.3 Å². The SMILES string of the molecule is CCC(=CCSc1ccc2ccccc2c1)C(=O)O. The molecule has 0 spiro atoms. The fraction of sp³-hybridized carbons (Fsp3) is 0.188. The molecule has 0 saturated heterocycles. The van der Waals surface area contributed by atoms with E-state index in [0.717, 1.165) is 4.90 Å². The Morgan fingerprint density at radius 2 is 1.95 bits per heavy atom. The summed E-state index contributed by atoms with van der Waals surface area (Å²) in [6, 6.07) is 14.5. The minimum absolute atomic E-state index is 0.480. The number of carboxylic acid groups (broad SMARTS) is 1. The molecule has 0 atom stereocenters. The van der Waals surface area contributed by atoms with E-state index in [-0.39, 0.29) is 0 Å². The van der Waals surface area contributed by atoms with E-state index in [9.17, 15) is 4.79 Å². The molecular weight excluding hydrogens is 256 g/mol. The predicted molar refractivity (Wildman–Crippen MR) is 80.7 cm³/mol. The fourth-order valence-corrected chi connectivity index (χ4v) is 2.73. The van der Waals surface area contributed by atoms with Gasteiger partial charge in [-0.1, -0.05) is 43.3 Å². The molecule has 98 valence electrons. The Morgan fingerprint density at radius 1 is 1.21 bits per heavy atom. The van der Waals surface area contributed by atoms with Crippen molar-refractivity contribution >= 4 is 28.5 Å². The van der Waals surface area contributed by atoms with Crippen LogP contribution in [0, 0.1) is 0 Å². The number of hydrogen-bond acceptors (Lipinski definition) is 2. The monoisotopic (exact) mass is 272 g/mol. The third kappa shape index (κ3) is 3.61. The highest BCUT2D eigenvalue weighted by molar-refractivity contribution is 7.99. The van der Waals surface area contributed by atoms with E-state index in [1.165, 1.54) is 10.8 Å². The Bertz CT molecular complexity index is 617. The highest BCUT2D eigenvalue weighted by Crippen LogP contribution is 2.24. The van der Waals surface area contributed by atoms with E-state index in [4.69, 9.17) is 5.11 Å². The standard InChI is InChI=1S/C16H16O2S/c1-2-12(16(17)18)9-10-19-15-8-7-13-5-3-4-6-14(13)11-15/h3-9,11H,2,10H2,1H3,(H,17,18). The normalized spacial score (nSPS) is 11.7. The Balaban J connectivity index is 2.08. The van der Waals surface area contributed by atoms with Gasteiger partial charge in [0, 0.05) is 16.2 Å². The molecule has 0 fully saturated rings. The molecule has 0 unspecified atom stereocenters. The second-order valence-corrected chi connectivity index (χ2v) is 5.30. The third-order valence-corrected chi connectivity index (χ3v) is 3.88. The number of aliphatic carboxylic acids is 1. The fourth-order valence-electron chi connectivity index (χ4n) is 1.88. The molecule has 2 nitrogen and oxygen atoms in total. The third-order valence-electron chi connectivity index (χ3n) is 2.96. The zero-order valence-electron chi connectivity index (χ0n) is 10.8. The van der Waals surface area contributed by atoms with Crippen molar-refractivity contribution in [2.75, 3.05) is 5.75 Å². The molecule has 0 aliphatic carbocycles. The molecule has 0 bridgehead atoms. The van der Waals surface area contributed by atoms with Crippen molar-refractivity contribution in [1.29, 1.82) is 0 Å². The average molecular weight is 272 g/mol. The summed E-state index contributed by atoms with van der Waals surface area (Å²) in [6.07, 6.45) is 2.36. The summed E-state index contributed by atoms with van der Waals surface area (Å²) in [7, 11) is 0. The molecule has 0 aliphatic heterocycles. The van der Waals surface area contributed by atoms with Gasteiger partial charge in [-0.25, -0.2) is 4.79 Å². The van der Waals surface area contributed by atoms with E-state index < -0.39 is 5.97 Å². The molecule has 0 aromatic heterocycles. The van der Waals surface area contributed by atoms with Crippen molar-refractivity contribution < 1.29 is 9.90 Å². The molecule has 19 heavy (non-hydrogen) atoms. The molecule has 3 heteroatoms. The second kappa shape index (κ2) is 6.43. The van der Waals surface area contributed by atoms with Crippen LogP contribution in [0.4, 0.5) is 0 Å². The van der Waals surface area contributed by atoms with E-state index in [2.05, 4.69) is 30.3 Å². The van der Waals surface area contributed by atoms with Gasteiger partial charge in [0.05, 0.1) is 0 Å². The molecule has 2 aromatic carbocycles. The number of rotatable bonds is 5. The lowest BCUT2D eigenvalue weighted by molar-refractivity contribution is -0.132. The van der Waals surface area contributed by atoms with Gasteiger partial charge in [-0.15, -0.1) is 11.8 Å². The number of carbonyl (C=O) groups is 1. The molecule has 0 amide bonds. The lowest BCUT2D eigenvalue weighted by atomic mass is 10.1. The van der Waals surface area contributed by atoms with Gasteiger partial charge in [0.1, 0.15) is 0 Å². The number of benzene rings is 2. The summed E-state index contributed by atoms with van der Waals surface area (Å²) in [5.41, 5.74) is 0.480. The Morgan fingerprint density at radius 3 is 2.63 bits per heavy atom. The minimum Gasteiger partial charge on any atom is -0.478 e. The molecule has 0 heterocycles. The lowest BCUT2D eigenvalue weighted by Gasteiger charge is -2.02. The molecule has 0 aliphatic rings. The van der Waals surface area contributed by atoms with Crippen LogP contribution in [-0.2, 0) is 4.79 Å². The van der Waals surface area contributed by atoms with Crippen molar-refractivity contribution in [3.05, 3.63) is 54.1 Å². The maximum absolute atomic E-state index is 10.9. The van der Waals surface area contributed by atoms with Gasteiger partial charge < -0.3 is 5.11 Å². The first-order valence-electron chi connectivity index (χ1n) is 6.24. The summed E-state index contributed by atoms with van der Waals surface area (Å²) in [5.74, 6) is -0.130. The van der Waals surface area contributed by atoms with E-state index in [1.54, 1.807) is 17.8 Å². The van der Waals surface area contributed by atoms with Crippen LogP contribution in [0.5, 0.6) is 0 Å². The van der Waals surface area contributed by atoms with Gasteiger partial charge in [-0.05, 0) is 29.3 Å². The summed E-state index contributed by atoms with van der Waals surface area (Å²) in [6.45, 7) is 1.86. The molecule has 0 saturated carbocycles. The molecule has 1 N–H and O–H groups in total. The van der Waals surface area contributed by atoms with Crippen LogP contribution < -0.4 is 0 Å². The first kappa shape index (κ1) is 13.7. The van der Waals surface area contributed by atoms with E-state index in [1.807, 2.05) is 19.1 Å².